The lowest BCUT2D eigenvalue weighted by Gasteiger charge is -2.40. The lowest BCUT2D eigenvalue weighted by Crippen LogP contribution is -2.60. The first-order valence-corrected chi connectivity index (χ1v) is 33.6. The van der Waals surface area contributed by atoms with Crippen LogP contribution >= 0.6 is 0 Å². The fourth-order valence-corrected chi connectivity index (χ4v) is 10.6. The molecule has 1 rings (SSSR count). The molecule has 1 aliphatic heterocycles. The second kappa shape index (κ2) is 58.8. The monoisotopic (exact) mass is 1110 g/mol. The number of hydrogen-bond donors (Lipinski definition) is 6. The second-order valence-corrected chi connectivity index (χ2v) is 23.2. The van der Waals surface area contributed by atoms with Crippen molar-refractivity contribution in [2.75, 3.05) is 13.2 Å². The molecule has 1 amide bonds. The van der Waals surface area contributed by atoms with Gasteiger partial charge in [0.05, 0.1) is 25.4 Å². The molecule has 1 saturated heterocycles. The van der Waals surface area contributed by atoms with Gasteiger partial charge in [0, 0.05) is 6.42 Å². The van der Waals surface area contributed by atoms with Crippen molar-refractivity contribution in [1.82, 2.24) is 5.32 Å². The van der Waals surface area contributed by atoms with Crippen LogP contribution in [0.1, 0.15) is 309 Å². The van der Waals surface area contributed by atoms with Crippen molar-refractivity contribution in [2.24, 2.45) is 0 Å². The maximum atomic E-state index is 13.1. The Morgan fingerprint density at radius 2 is 0.785 bits per heavy atom. The van der Waals surface area contributed by atoms with Gasteiger partial charge in [0.15, 0.2) is 6.29 Å². The number of rotatable bonds is 58. The molecular weight excluding hydrogens is 983 g/mol. The van der Waals surface area contributed by atoms with Gasteiger partial charge in [0.1, 0.15) is 24.4 Å². The minimum Gasteiger partial charge on any atom is -0.394 e. The second-order valence-electron chi connectivity index (χ2n) is 23.2. The van der Waals surface area contributed by atoms with E-state index in [1.807, 2.05) is 0 Å². The Kier molecular flexibility index (Phi) is 55.6. The number of nitrogens with one attached hydrogen (secondary N) is 1. The third-order valence-electron chi connectivity index (χ3n) is 15.8. The minimum absolute atomic E-state index is 0.136. The molecule has 7 unspecified atom stereocenters. The molecule has 1 heterocycles. The van der Waals surface area contributed by atoms with E-state index in [0.717, 1.165) is 77.0 Å². The summed E-state index contributed by atoms with van der Waals surface area (Å²) in [4.78, 5) is 13.1. The summed E-state index contributed by atoms with van der Waals surface area (Å²) in [6.07, 6.45) is 75.3. The lowest BCUT2D eigenvalue weighted by molar-refractivity contribution is -0.302. The third-order valence-corrected chi connectivity index (χ3v) is 15.8. The van der Waals surface area contributed by atoms with Gasteiger partial charge in [-0.05, 0) is 64.2 Å². The molecule has 0 spiro atoms. The predicted octanol–water partition coefficient (Wildman–Crippen LogP) is 18.0. The summed E-state index contributed by atoms with van der Waals surface area (Å²) in [5, 5.41) is 54.8. The summed E-state index contributed by atoms with van der Waals surface area (Å²) in [7, 11) is 0. The van der Waals surface area contributed by atoms with Crippen molar-refractivity contribution in [3.63, 3.8) is 0 Å². The van der Waals surface area contributed by atoms with Crippen LogP contribution in [0.2, 0.25) is 0 Å². The predicted molar refractivity (Wildman–Crippen MR) is 336 cm³/mol. The summed E-state index contributed by atoms with van der Waals surface area (Å²) in [5.74, 6) is -0.140. The normalized spacial score (nSPS) is 19.0. The van der Waals surface area contributed by atoms with Crippen LogP contribution in [0, 0.1) is 0 Å². The summed E-state index contributed by atoms with van der Waals surface area (Å²) in [6, 6.07) is -0.720. The number of aliphatic hydroxyl groups excluding tert-OH is 5. The molecule has 460 valence electrons. The van der Waals surface area contributed by atoms with Crippen molar-refractivity contribution in [1.29, 1.82) is 0 Å². The average Bonchev–Trinajstić information content (AvgIpc) is 3.48. The highest BCUT2D eigenvalue weighted by Crippen LogP contribution is 2.23. The van der Waals surface area contributed by atoms with Gasteiger partial charge in [0.2, 0.25) is 5.91 Å². The zero-order valence-corrected chi connectivity index (χ0v) is 51.4. The molecule has 0 aromatic heterocycles. The first kappa shape index (κ1) is 74.6. The van der Waals surface area contributed by atoms with Gasteiger partial charge in [-0.1, -0.05) is 311 Å². The number of aliphatic hydroxyl groups is 5. The van der Waals surface area contributed by atoms with Crippen molar-refractivity contribution < 1.29 is 39.8 Å². The topological polar surface area (TPSA) is 149 Å². The fourth-order valence-electron chi connectivity index (χ4n) is 10.6. The van der Waals surface area contributed by atoms with E-state index < -0.39 is 49.5 Å². The van der Waals surface area contributed by atoms with E-state index in [-0.39, 0.29) is 12.5 Å². The number of carbonyl (C=O) groups is 1. The van der Waals surface area contributed by atoms with Crippen molar-refractivity contribution in [3.05, 3.63) is 72.9 Å². The van der Waals surface area contributed by atoms with Crippen LogP contribution in [0.3, 0.4) is 0 Å². The smallest absolute Gasteiger partial charge is 0.220 e. The number of allylic oxidation sites excluding steroid dienone is 12. The molecule has 79 heavy (non-hydrogen) atoms. The first-order chi connectivity index (χ1) is 38.8. The molecule has 0 saturated carbocycles. The molecule has 0 aromatic rings. The Hall–Kier alpha value is -2.37. The van der Waals surface area contributed by atoms with E-state index >= 15 is 0 Å². The summed E-state index contributed by atoms with van der Waals surface area (Å²) < 4.78 is 11.3. The molecule has 0 aliphatic carbocycles. The average molecular weight is 1110 g/mol. The van der Waals surface area contributed by atoms with Crippen LogP contribution in [0.4, 0.5) is 0 Å². The van der Waals surface area contributed by atoms with Crippen LogP contribution in [0.25, 0.3) is 0 Å². The maximum absolute atomic E-state index is 13.1. The zero-order chi connectivity index (χ0) is 57.2. The Morgan fingerprint density at radius 1 is 0.443 bits per heavy atom. The largest absolute Gasteiger partial charge is 0.394 e. The van der Waals surface area contributed by atoms with E-state index in [1.165, 1.54) is 205 Å². The van der Waals surface area contributed by atoms with Gasteiger partial charge < -0.3 is 40.3 Å². The number of unbranched alkanes of at least 4 members (excludes halogenated alkanes) is 36. The minimum atomic E-state index is -1.55. The highest BCUT2D eigenvalue weighted by molar-refractivity contribution is 5.76. The summed E-state index contributed by atoms with van der Waals surface area (Å²) in [6.45, 7) is 3.75. The van der Waals surface area contributed by atoms with E-state index in [1.54, 1.807) is 0 Å². The molecule has 1 aliphatic rings. The van der Waals surface area contributed by atoms with Crippen LogP contribution in [0.15, 0.2) is 72.9 Å². The van der Waals surface area contributed by atoms with Crippen molar-refractivity contribution in [2.45, 2.75) is 352 Å². The van der Waals surface area contributed by atoms with Gasteiger partial charge >= 0.3 is 0 Å². The van der Waals surface area contributed by atoms with Crippen molar-refractivity contribution in [3.8, 4) is 0 Å². The van der Waals surface area contributed by atoms with Crippen molar-refractivity contribution >= 4 is 5.91 Å². The molecular formula is C70H127NO8. The molecule has 1 fully saturated rings. The Bertz CT molecular complexity index is 1470. The van der Waals surface area contributed by atoms with Gasteiger partial charge in [-0.25, -0.2) is 0 Å². The van der Waals surface area contributed by atoms with E-state index in [4.69, 9.17) is 9.47 Å². The molecule has 9 nitrogen and oxygen atoms in total. The molecule has 0 aromatic carbocycles. The molecule has 6 N–H and O–H groups in total. The number of ether oxygens (including phenoxy) is 2. The van der Waals surface area contributed by atoms with Gasteiger partial charge in [-0.15, -0.1) is 0 Å². The van der Waals surface area contributed by atoms with Crippen LogP contribution < -0.4 is 5.32 Å². The SMILES string of the molecule is CC/C=C\C/C=C\C/C=C\C/C=C\C/C=C\C/C=C\CCCCCCCCCCCCCCCCCCCCCCC(=O)NC(COC1OC(CO)C(O)C(O)C1O)C(O)CCCCCCCCCCCCCCCCCCC. The van der Waals surface area contributed by atoms with E-state index in [2.05, 4.69) is 92.1 Å². The van der Waals surface area contributed by atoms with Crippen LogP contribution in [-0.2, 0) is 14.3 Å². The molecule has 0 bridgehead atoms. The fraction of sp³-hybridized carbons (Fsp3) is 0.814. The van der Waals surface area contributed by atoms with Gasteiger partial charge in [-0.2, -0.15) is 0 Å². The Balaban J connectivity index is 2.06. The quantitative estimate of drug-likeness (QED) is 0.0261. The van der Waals surface area contributed by atoms with Gasteiger partial charge in [0.25, 0.3) is 0 Å². The number of carbonyl (C=O) groups excluding carboxylic acids is 1. The molecule has 7 atom stereocenters. The summed E-state index contributed by atoms with van der Waals surface area (Å²) in [5.41, 5.74) is 0. The number of hydrogen-bond acceptors (Lipinski definition) is 8. The van der Waals surface area contributed by atoms with Gasteiger partial charge in [-0.3, -0.25) is 4.79 Å². The standard InChI is InChI=1S/C70H127NO8/c1-3-5-7-9-11-13-15-17-19-21-22-23-24-25-26-27-28-29-30-31-32-33-34-35-36-37-38-39-40-41-42-44-46-48-50-52-54-56-58-60-66(74)71-63(62-78-70-69(77)68(76)67(75)65(61-72)79-70)64(73)59-57-55-53-51-49-47-45-43-20-18-16-14-12-10-8-6-4-2/h5,7,11,13,17,19,22-23,25-26,28-29,63-65,67-70,72-73,75-77H,3-4,6,8-10,12,14-16,18,20-21,24,27,30-62H2,1-2H3,(H,71,74)/b7-5-,13-11-,19-17-,23-22-,26-25-,29-28-. The first-order valence-electron chi connectivity index (χ1n) is 33.6. The zero-order valence-electron chi connectivity index (χ0n) is 51.4. The Labute approximate surface area is 487 Å². The Morgan fingerprint density at radius 3 is 1.16 bits per heavy atom. The summed E-state index contributed by atoms with van der Waals surface area (Å²) >= 11 is 0. The number of amides is 1. The highest BCUT2D eigenvalue weighted by Gasteiger charge is 2.44. The van der Waals surface area contributed by atoms with Crippen LogP contribution in [-0.4, -0.2) is 87.5 Å². The van der Waals surface area contributed by atoms with E-state index in [0.29, 0.717) is 12.8 Å². The lowest BCUT2D eigenvalue weighted by atomic mass is 9.99. The van der Waals surface area contributed by atoms with E-state index in [9.17, 15) is 30.3 Å². The highest BCUT2D eigenvalue weighted by atomic mass is 16.7. The molecule has 9 heteroatoms. The van der Waals surface area contributed by atoms with Crippen LogP contribution in [0.5, 0.6) is 0 Å². The third kappa shape index (κ3) is 47.8. The molecule has 0 radical (unpaired) electrons. The maximum Gasteiger partial charge on any atom is 0.220 e.